The zero-order chi connectivity index (χ0) is 19.6. The minimum absolute atomic E-state index is 0.454. The zero-order valence-electron chi connectivity index (χ0n) is 15.8. The number of rotatable bonds is 4. The first-order valence-electron chi connectivity index (χ1n) is 9.63. The lowest BCUT2D eigenvalue weighted by Gasteiger charge is -2.20. The molecule has 140 valence electrons. The summed E-state index contributed by atoms with van der Waals surface area (Å²) in [5, 5.41) is 12.4. The molecule has 4 heteroatoms. The van der Waals surface area contributed by atoms with Gasteiger partial charge in [-0.05, 0) is 42.0 Å². The number of fused-ring (bicyclic) bond motifs is 2. The van der Waals surface area contributed by atoms with Gasteiger partial charge in [-0.1, -0.05) is 60.7 Å². The molecular formula is C25H20N4. The molecule has 0 bridgehead atoms. The Kier molecular flexibility index (Phi) is 4.30. The molecule has 0 saturated heterocycles. The Balaban J connectivity index is 1.68. The van der Waals surface area contributed by atoms with E-state index in [1.54, 1.807) is 0 Å². The highest BCUT2D eigenvalue weighted by Crippen LogP contribution is 2.29. The maximum atomic E-state index is 8.58. The Morgan fingerprint density at radius 2 is 1.48 bits per heavy atom. The molecule has 0 fully saturated rings. The molecular weight excluding hydrogens is 356 g/mol. The minimum Gasteiger partial charge on any atom is -0.379 e. The third kappa shape index (κ3) is 3.25. The molecule has 1 aliphatic carbocycles. The molecule has 0 amide bonds. The van der Waals surface area contributed by atoms with Crippen molar-refractivity contribution in [3.8, 4) is 17.1 Å². The van der Waals surface area contributed by atoms with Crippen molar-refractivity contribution in [1.29, 1.82) is 5.41 Å². The van der Waals surface area contributed by atoms with Crippen LogP contribution >= 0.6 is 0 Å². The van der Waals surface area contributed by atoms with Gasteiger partial charge in [-0.25, -0.2) is 4.98 Å². The van der Waals surface area contributed by atoms with Crippen LogP contribution in [0.1, 0.15) is 5.56 Å². The second kappa shape index (κ2) is 7.24. The highest BCUT2D eigenvalue weighted by molar-refractivity contribution is 5.83. The topological polar surface area (TPSA) is 53.7 Å². The van der Waals surface area contributed by atoms with Crippen molar-refractivity contribution in [2.45, 2.75) is 6.54 Å². The Morgan fingerprint density at radius 1 is 0.793 bits per heavy atom. The van der Waals surface area contributed by atoms with E-state index in [9.17, 15) is 0 Å². The summed E-state index contributed by atoms with van der Waals surface area (Å²) in [5.74, 6) is 0. The largest absolute Gasteiger partial charge is 0.379 e. The average Bonchev–Trinajstić information content (AvgIpc) is 2.77. The number of para-hydroxylation sites is 3. The minimum atomic E-state index is 0.454. The molecule has 0 atom stereocenters. The van der Waals surface area contributed by atoms with Gasteiger partial charge >= 0.3 is 0 Å². The van der Waals surface area contributed by atoms with E-state index in [4.69, 9.17) is 10.4 Å². The molecule has 0 spiro atoms. The fraction of sp³-hybridized carbons (Fsp3) is 0.0400. The summed E-state index contributed by atoms with van der Waals surface area (Å²) in [6.07, 6.45) is 0. The van der Waals surface area contributed by atoms with Crippen LogP contribution in [-0.2, 0) is 6.54 Å². The second-order valence-electron chi connectivity index (χ2n) is 7.00. The Hall–Kier alpha value is -3.92. The van der Waals surface area contributed by atoms with Crippen LogP contribution < -0.4 is 10.7 Å². The third-order valence-corrected chi connectivity index (χ3v) is 5.06. The van der Waals surface area contributed by atoms with Gasteiger partial charge in [0.25, 0.3) is 0 Å². The molecule has 0 unspecified atom stereocenters. The molecule has 0 aromatic heterocycles. The fourth-order valence-corrected chi connectivity index (χ4v) is 3.65. The van der Waals surface area contributed by atoms with Gasteiger partial charge in [-0.3, -0.25) is 5.41 Å². The van der Waals surface area contributed by atoms with E-state index in [0.717, 1.165) is 33.8 Å². The molecule has 1 aliphatic heterocycles. The summed E-state index contributed by atoms with van der Waals surface area (Å²) >= 11 is 0. The van der Waals surface area contributed by atoms with Gasteiger partial charge in [0.2, 0.25) is 0 Å². The van der Waals surface area contributed by atoms with E-state index in [2.05, 4.69) is 40.2 Å². The van der Waals surface area contributed by atoms with Crippen LogP contribution in [0.5, 0.6) is 0 Å². The highest BCUT2D eigenvalue weighted by Gasteiger charge is 2.15. The number of hydrogen-bond donors (Lipinski definition) is 2. The van der Waals surface area contributed by atoms with Gasteiger partial charge < -0.3 is 9.88 Å². The van der Waals surface area contributed by atoms with E-state index in [0.29, 0.717) is 11.9 Å². The second-order valence-corrected chi connectivity index (χ2v) is 7.00. The normalized spacial score (nSPS) is 11.0. The van der Waals surface area contributed by atoms with E-state index in [1.807, 2.05) is 66.7 Å². The molecule has 0 saturated carbocycles. The van der Waals surface area contributed by atoms with Crippen molar-refractivity contribution in [2.24, 2.45) is 0 Å². The molecule has 2 aliphatic rings. The average molecular weight is 376 g/mol. The maximum Gasteiger partial charge on any atom is 0.0900 e. The van der Waals surface area contributed by atoms with Crippen LogP contribution in [0.2, 0.25) is 0 Å². The summed E-state index contributed by atoms with van der Waals surface area (Å²) in [7, 11) is 0. The van der Waals surface area contributed by atoms with Crippen molar-refractivity contribution < 1.29 is 0 Å². The predicted molar refractivity (Wildman–Crippen MR) is 117 cm³/mol. The summed E-state index contributed by atoms with van der Waals surface area (Å²) in [6, 6.07) is 32.4. The maximum absolute atomic E-state index is 8.58. The lowest BCUT2D eigenvalue weighted by atomic mass is 10.1. The summed E-state index contributed by atoms with van der Waals surface area (Å²) in [4.78, 5) is 4.88. The van der Waals surface area contributed by atoms with Gasteiger partial charge in [0.15, 0.2) is 0 Å². The standard InChI is InChI=1S/C25H20N4/c26-20-15-25-23(16-22(20)27-17-18-9-3-1-4-10-18)28-21-13-7-8-14-24(21)29(25)19-11-5-2-6-12-19/h1-16,26-27H,17H2. The van der Waals surface area contributed by atoms with Crippen molar-refractivity contribution in [3.05, 3.63) is 108 Å². The molecule has 3 aromatic rings. The number of nitrogens with one attached hydrogen (secondary N) is 2. The molecule has 3 aromatic carbocycles. The monoisotopic (exact) mass is 376 g/mol. The Bertz CT molecular complexity index is 1310. The summed E-state index contributed by atoms with van der Waals surface area (Å²) in [6.45, 7) is 0.671. The smallest absolute Gasteiger partial charge is 0.0900 e. The number of hydrogen-bond acceptors (Lipinski definition) is 3. The molecule has 2 N–H and O–H groups in total. The SMILES string of the molecule is N=c1cc2n(-c3ccccc3)c3ccccc3nc-2cc1NCc1ccccc1. The van der Waals surface area contributed by atoms with Crippen LogP contribution in [-0.4, -0.2) is 9.55 Å². The lowest BCUT2D eigenvalue weighted by molar-refractivity contribution is 1.06. The van der Waals surface area contributed by atoms with E-state index in [-0.39, 0.29) is 0 Å². The number of nitrogens with zero attached hydrogens (tertiary/aromatic N) is 2. The van der Waals surface area contributed by atoms with E-state index >= 15 is 0 Å². The van der Waals surface area contributed by atoms with Gasteiger partial charge in [-0.2, -0.15) is 0 Å². The first-order valence-corrected chi connectivity index (χ1v) is 9.63. The van der Waals surface area contributed by atoms with Crippen LogP contribution in [0.4, 0.5) is 5.69 Å². The zero-order valence-corrected chi connectivity index (χ0v) is 15.8. The molecule has 4 nitrogen and oxygen atoms in total. The molecule has 0 radical (unpaired) electrons. The van der Waals surface area contributed by atoms with E-state index < -0.39 is 0 Å². The molecule has 29 heavy (non-hydrogen) atoms. The van der Waals surface area contributed by atoms with Crippen molar-refractivity contribution in [3.63, 3.8) is 0 Å². The summed E-state index contributed by atoms with van der Waals surface area (Å²) < 4.78 is 2.18. The van der Waals surface area contributed by atoms with Crippen molar-refractivity contribution in [1.82, 2.24) is 9.55 Å². The predicted octanol–water partition coefficient (Wildman–Crippen LogP) is 5.22. The summed E-state index contributed by atoms with van der Waals surface area (Å²) in [5.41, 5.74) is 6.75. The third-order valence-electron chi connectivity index (χ3n) is 5.06. The van der Waals surface area contributed by atoms with Gasteiger partial charge in [0, 0.05) is 12.2 Å². The van der Waals surface area contributed by atoms with Crippen molar-refractivity contribution >= 4 is 16.7 Å². The molecule has 5 rings (SSSR count). The van der Waals surface area contributed by atoms with Crippen molar-refractivity contribution in [2.75, 3.05) is 5.32 Å². The van der Waals surface area contributed by atoms with E-state index in [1.165, 1.54) is 5.56 Å². The van der Waals surface area contributed by atoms with Gasteiger partial charge in [-0.15, -0.1) is 0 Å². The van der Waals surface area contributed by atoms with Gasteiger partial charge in [0.1, 0.15) is 0 Å². The van der Waals surface area contributed by atoms with Crippen LogP contribution in [0, 0.1) is 5.41 Å². The first-order chi connectivity index (χ1) is 14.3. The number of benzene rings is 4. The Morgan fingerprint density at radius 3 is 2.28 bits per heavy atom. The highest BCUT2D eigenvalue weighted by atomic mass is 15.0. The quantitative estimate of drug-likeness (QED) is 0.422. The Labute approximate surface area is 169 Å². The fourth-order valence-electron chi connectivity index (χ4n) is 3.65. The van der Waals surface area contributed by atoms with Crippen LogP contribution in [0.25, 0.3) is 28.1 Å². The number of aromatic nitrogens is 2. The molecule has 1 heterocycles. The van der Waals surface area contributed by atoms with Crippen LogP contribution in [0.15, 0.2) is 97.1 Å². The number of anilines is 1. The first kappa shape index (κ1) is 17.2. The van der Waals surface area contributed by atoms with Crippen LogP contribution in [0.3, 0.4) is 0 Å². The van der Waals surface area contributed by atoms with Gasteiger partial charge in [0.05, 0.1) is 33.5 Å². The lowest BCUT2D eigenvalue weighted by Crippen LogP contribution is -2.15.